The van der Waals surface area contributed by atoms with E-state index in [-0.39, 0.29) is 11.8 Å². The number of benzene rings is 2. The molecule has 24 heavy (non-hydrogen) atoms. The molecule has 1 N–H and O–H groups in total. The fourth-order valence-electron chi connectivity index (χ4n) is 2.82. The predicted molar refractivity (Wildman–Crippen MR) is 95.4 cm³/mol. The van der Waals surface area contributed by atoms with E-state index in [1.54, 1.807) is 29.2 Å². The first kappa shape index (κ1) is 16.5. The summed E-state index contributed by atoms with van der Waals surface area (Å²) in [6.07, 6.45) is 1.31. The van der Waals surface area contributed by atoms with Crippen molar-refractivity contribution >= 4 is 29.1 Å². The van der Waals surface area contributed by atoms with Crippen LogP contribution in [0.5, 0.6) is 0 Å². The number of halogens is 1. The predicted octanol–water partition coefficient (Wildman–Crippen LogP) is 3.57. The maximum atomic E-state index is 12.8. The largest absolute Gasteiger partial charge is 0.352 e. The van der Waals surface area contributed by atoms with Gasteiger partial charge in [0, 0.05) is 35.8 Å². The molecular formula is C19H19ClN2O2. The van der Waals surface area contributed by atoms with Gasteiger partial charge < -0.3 is 10.2 Å². The van der Waals surface area contributed by atoms with Gasteiger partial charge in [-0.3, -0.25) is 9.59 Å². The van der Waals surface area contributed by atoms with Gasteiger partial charge in [0.1, 0.15) is 0 Å². The van der Waals surface area contributed by atoms with Gasteiger partial charge >= 0.3 is 0 Å². The average Bonchev–Trinajstić information content (AvgIpc) is 3.02. The number of anilines is 1. The molecule has 0 bridgehead atoms. The van der Waals surface area contributed by atoms with Crippen LogP contribution in [-0.2, 0) is 17.8 Å². The van der Waals surface area contributed by atoms with Crippen molar-refractivity contribution in [2.75, 3.05) is 11.4 Å². The first-order valence-electron chi connectivity index (χ1n) is 8.04. The van der Waals surface area contributed by atoms with Gasteiger partial charge in [-0.05, 0) is 47.9 Å². The highest BCUT2D eigenvalue weighted by atomic mass is 35.5. The summed E-state index contributed by atoms with van der Waals surface area (Å²) in [7, 11) is 0. The first-order chi connectivity index (χ1) is 11.6. The Morgan fingerprint density at radius 1 is 1.17 bits per heavy atom. The number of hydrogen-bond donors (Lipinski definition) is 1. The number of carbonyl (C=O) groups excluding carboxylic acids is 2. The lowest BCUT2D eigenvalue weighted by Gasteiger charge is -2.18. The summed E-state index contributed by atoms with van der Waals surface area (Å²) in [5, 5.41) is 3.48. The number of carbonyl (C=O) groups is 2. The van der Waals surface area contributed by atoms with Crippen LogP contribution in [0.2, 0.25) is 5.02 Å². The Hall–Kier alpha value is -2.33. The number of rotatable bonds is 4. The van der Waals surface area contributed by atoms with E-state index in [4.69, 9.17) is 11.6 Å². The number of amides is 2. The standard InChI is InChI=1S/C19H19ClN2O2/c1-2-18(23)21-12-13-3-4-14-9-10-22(17(14)11-13)19(24)15-5-7-16(20)8-6-15/h3-8,11H,2,9-10,12H2,1H3,(H,21,23). The van der Waals surface area contributed by atoms with E-state index < -0.39 is 0 Å². The molecule has 0 fully saturated rings. The lowest BCUT2D eigenvalue weighted by molar-refractivity contribution is -0.120. The SMILES string of the molecule is CCC(=O)NCc1ccc2c(c1)N(C(=O)c1ccc(Cl)cc1)CC2. The van der Waals surface area contributed by atoms with Crippen LogP contribution in [0.4, 0.5) is 5.69 Å². The van der Waals surface area contributed by atoms with Crippen LogP contribution in [-0.4, -0.2) is 18.4 Å². The molecule has 1 aliphatic rings. The van der Waals surface area contributed by atoms with Crippen LogP contribution in [0.1, 0.15) is 34.8 Å². The molecule has 2 aromatic rings. The van der Waals surface area contributed by atoms with Crippen LogP contribution in [0, 0.1) is 0 Å². The highest BCUT2D eigenvalue weighted by molar-refractivity contribution is 6.30. The number of nitrogens with zero attached hydrogens (tertiary/aromatic N) is 1. The van der Waals surface area contributed by atoms with E-state index in [1.807, 2.05) is 25.1 Å². The molecular weight excluding hydrogens is 324 g/mol. The molecule has 0 saturated heterocycles. The normalized spacial score (nSPS) is 12.8. The smallest absolute Gasteiger partial charge is 0.258 e. The lowest BCUT2D eigenvalue weighted by Crippen LogP contribution is -2.29. The number of nitrogens with one attached hydrogen (secondary N) is 1. The highest BCUT2D eigenvalue weighted by Crippen LogP contribution is 2.30. The summed E-state index contributed by atoms with van der Waals surface area (Å²) in [4.78, 5) is 26.0. The molecule has 5 heteroatoms. The first-order valence-corrected chi connectivity index (χ1v) is 8.42. The van der Waals surface area contributed by atoms with Crippen LogP contribution >= 0.6 is 11.6 Å². The Labute approximate surface area is 146 Å². The van der Waals surface area contributed by atoms with Gasteiger partial charge in [0.15, 0.2) is 0 Å². The fraction of sp³-hybridized carbons (Fsp3) is 0.263. The Kier molecular flexibility index (Phi) is 4.86. The summed E-state index contributed by atoms with van der Waals surface area (Å²) < 4.78 is 0. The van der Waals surface area contributed by atoms with E-state index >= 15 is 0 Å². The third kappa shape index (κ3) is 3.44. The molecule has 1 aliphatic heterocycles. The van der Waals surface area contributed by atoms with Gasteiger partial charge in [0.05, 0.1) is 0 Å². The van der Waals surface area contributed by atoms with Gasteiger partial charge in [-0.15, -0.1) is 0 Å². The lowest BCUT2D eigenvalue weighted by atomic mass is 10.1. The van der Waals surface area contributed by atoms with Crippen LogP contribution in [0.25, 0.3) is 0 Å². The van der Waals surface area contributed by atoms with Crippen LogP contribution in [0.15, 0.2) is 42.5 Å². The van der Waals surface area contributed by atoms with Crippen molar-refractivity contribution in [2.24, 2.45) is 0 Å². The number of hydrogen-bond acceptors (Lipinski definition) is 2. The Morgan fingerprint density at radius 2 is 1.92 bits per heavy atom. The molecule has 0 radical (unpaired) electrons. The zero-order chi connectivity index (χ0) is 17.1. The summed E-state index contributed by atoms with van der Waals surface area (Å²) in [6, 6.07) is 13.0. The van der Waals surface area contributed by atoms with Crippen LogP contribution < -0.4 is 10.2 Å². The third-order valence-electron chi connectivity index (χ3n) is 4.19. The summed E-state index contributed by atoms with van der Waals surface area (Å²) in [6.45, 7) is 2.97. The molecule has 2 aromatic carbocycles. The second kappa shape index (κ2) is 7.05. The van der Waals surface area contributed by atoms with Gasteiger partial charge in [-0.25, -0.2) is 0 Å². The van der Waals surface area contributed by atoms with Crippen molar-refractivity contribution in [1.82, 2.24) is 5.32 Å². The van der Waals surface area contributed by atoms with E-state index in [0.717, 1.165) is 23.2 Å². The minimum atomic E-state index is -0.0276. The molecule has 0 atom stereocenters. The zero-order valence-electron chi connectivity index (χ0n) is 13.5. The highest BCUT2D eigenvalue weighted by Gasteiger charge is 2.25. The zero-order valence-corrected chi connectivity index (χ0v) is 14.3. The second-order valence-electron chi connectivity index (χ2n) is 5.81. The summed E-state index contributed by atoms with van der Waals surface area (Å²) in [5.74, 6) is -0.00949. The maximum Gasteiger partial charge on any atom is 0.258 e. The van der Waals surface area contributed by atoms with Crippen molar-refractivity contribution in [3.05, 3.63) is 64.2 Å². The molecule has 4 nitrogen and oxygen atoms in total. The van der Waals surface area contributed by atoms with Crippen molar-refractivity contribution < 1.29 is 9.59 Å². The average molecular weight is 343 g/mol. The molecule has 0 aromatic heterocycles. The van der Waals surface area contributed by atoms with E-state index in [9.17, 15) is 9.59 Å². The van der Waals surface area contributed by atoms with Crippen molar-refractivity contribution in [3.63, 3.8) is 0 Å². The molecule has 0 unspecified atom stereocenters. The van der Waals surface area contributed by atoms with Crippen molar-refractivity contribution in [2.45, 2.75) is 26.3 Å². The molecule has 1 heterocycles. The maximum absolute atomic E-state index is 12.8. The fourth-order valence-corrected chi connectivity index (χ4v) is 2.95. The van der Waals surface area contributed by atoms with Gasteiger partial charge in [0.25, 0.3) is 5.91 Å². The summed E-state index contributed by atoms with van der Waals surface area (Å²) >= 11 is 5.89. The number of fused-ring (bicyclic) bond motifs is 1. The molecule has 3 rings (SSSR count). The molecule has 2 amide bonds. The van der Waals surface area contributed by atoms with E-state index in [0.29, 0.717) is 30.1 Å². The Balaban J connectivity index is 1.81. The molecule has 0 aliphatic carbocycles. The second-order valence-corrected chi connectivity index (χ2v) is 6.24. The molecule has 0 spiro atoms. The monoisotopic (exact) mass is 342 g/mol. The Morgan fingerprint density at radius 3 is 2.62 bits per heavy atom. The van der Waals surface area contributed by atoms with E-state index in [2.05, 4.69) is 5.32 Å². The molecule has 124 valence electrons. The van der Waals surface area contributed by atoms with Gasteiger partial charge in [-0.1, -0.05) is 30.7 Å². The van der Waals surface area contributed by atoms with Gasteiger partial charge in [0.2, 0.25) is 5.91 Å². The van der Waals surface area contributed by atoms with Crippen LogP contribution in [0.3, 0.4) is 0 Å². The quantitative estimate of drug-likeness (QED) is 0.923. The topological polar surface area (TPSA) is 49.4 Å². The van der Waals surface area contributed by atoms with Crippen molar-refractivity contribution in [3.8, 4) is 0 Å². The Bertz CT molecular complexity index is 771. The molecule has 0 saturated carbocycles. The van der Waals surface area contributed by atoms with Gasteiger partial charge in [-0.2, -0.15) is 0 Å². The summed E-state index contributed by atoms with van der Waals surface area (Å²) in [5.41, 5.74) is 3.70. The minimum absolute atomic E-state index is 0.0181. The van der Waals surface area contributed by atoms with Crippen molar-refractivity contribution in [1.29, 1.82) is 0 Å². The van der Waals surface area contributed by atoms with E-state index in [1.165, 1.54) is 0 Å². The minimum Gasteiger partial charge on any atom is -0.352 e. The third-order valence-corrected chi connectivity index (χ3v) is 4.44.